The molecular weight excluding hydrogens is 532 g/mol. The Kier molecular flexibility index (Phi) is 11.2. The Morgan fingerprint density at radius 1 is 1.23 bits per heavy atom. The SMILES string of the molecule is C#CCOCCOCC(=O)N[C@H](C(=O)N1C[C@H](O)C[C@H]1C(=O)NCc1ccc(-c2scnc2C)cc1)C(C)(C)C. The maximum atomic E-state index is 13.6. The van der Waals surface area contributed by atoms with Gasteiger partial charge in [-0.3, -0.25) is 14.4 Å². The van der Waals surface area contributed by atoms with Gasteiger partial charge in [-0.05, 0) is 23.5 Å². The van der Waals surface area contributed by atoms with Crippen LogP contribution < -0.4 is 10.6 Å². The molecule has 2 heterocycles. The molecule has 3 atom stereocenters. The van der Waals surface area contributed by atoms with Gasteiger partial charge in [0.15, 0.2) is 0 Å². The molecule has 0 aliphatic carbocycles. The van der Waals surface area contributed by atoms with Crippen molar-refractivity contribution in [3.05, 3.63) is 41.0 Å². The van der Waals surface area contributed by atoms with Crippen molar-refractivity contribution >= 4 is 29.1 Å². The summed E-state index contributed by atoms with van der Waals surface area (Å²) in [4.78, 5) is 46.1. The summed E-state index contributed by atoms with van der Waals surface area (Å²) < 4.78 is 10.4. The van der Waals surface area contributed by atoms with Gasteiger partial charge >= 0.3 is 0 Å². The number of aliphatic hydroxyl groups is 1. The summed E-state index contributed by atoms with van der Waals surface area (Å²) in [5, 5.41) is 16.0. The summed E-state index contributed by atoms with van der Waals surface area (Å²) in [7, 11) is 0. The monoisotopic (exact) mass is 570 g/mol. The number of benzene rings is 1. The summed E-state index contributed by atoms with van der Waals surface area (Å²) in [6.45, 7) is 8.04. The molecule has 3 amide bonds. The number of ether oxygens (including phenoxy) is 2. The van der Waals surface area contributed by atoms with E-state index in [0.717, 1.165) is 21.7 Å². The molecule has 1 aromatic heterocycles. The number of aryl methyl sites for hydroxylation is 1. The number of carbonyl (C=O) groups is 3. The van der Waals surface area contributed by atoms with Crippen molar-refractivity contribution in [1.82, 2.24) is 20.5 Å². The first-order valence-corrected chi connectivity index (χ1v) is 14.0. The highest BCUT2D eigenvalue weighted by Gasteiger charge is 2.44. The van der Waals surface area contributed by atoms with E-state index in [0.29, 0.717) is 0 Å². The number of hydrogen-bond acceptors (Lipinski definition) is 8. The molecule has 1 saturated heterocycles. The number of aromatic nitrogens is 1. The van der Waals surface area contributed by atoms with Crippen LogP contribution in [0.5, 0.6) is 0 Å². The molecule has 0 bridgehead atoms. The van der Waals surface area contributed by atoms with E-state index in [9.17, 15) is 19.5 Å². The molecule has 11 heteroatoms. The maximum Gasteiger partial charge on any atom is 0.246 e. The third-order valence-electron chi connectivity index (χ3n) is 6.50. The second-order valence-electron chi connectivity index (χ2n) is 10.8. The zero-order chi connectivity index (χ0) is 29.3. The lowest BCUT2D eigenvalue weighted by molar-refractivity contribution is -0.144. The van der Waals surface area contributed by atoms with Crippen LogP contribution in [-0.2, 0) is 30.4 Å². The molecule has 0 radical (unpaired) electrons. The molecular formula is C29H38N4O6S. The number of nitrogens with one attached hydrogen (secondary N) is 2. The quantitative estimate of drug-likeness (QED) is 0.263. The van der Waals surface area contributed by atoms with E-state index < -0.39 is 35.4 Å². The second kappa shape index (κ2) is 14.4. The van der Waals surface area contributed by atoms with E-state index >= 15 is 0 Å². The molecule has 3 N–H and O–H groups in total. The fraction of sp³-hybridized carbons (Fsp3) is 0.517. The van der Waals surface area contributed by atoms with Crippen molar-refractivity contribution in [3.63, 3.8) is 0 Å². The number of β-amino-alcohol motifs (C(OH)–C–C–N with tert-alkyl or cyclic N) is 1. The predicted molar refractivity (Wildman–Crippen MR) is 152 cm³/mol. The Morgan fingerprint density at radius 3 is 2.55 bits per heavy atom. The normalized spacial score (nSPS) is 17.8. The van der Waals surface area contributed by atoms with Crippen molar-refractivity contribution < 1.29 is 29.0 Å². The van der Waals surface area contributed by atoms with E-state index in [-0.39, 0.29) is 51.8 Å². The van der Waals surface area contributed by atoms with E-state index in [1.807, 2.05) is 57.5 Å². The van der Waals surface area contributed by atoms with Crippen molar-refractivity contribution in [1.29, 1.82) is 0 Å². The summed E-state index contributed by atoms with van der Waals surface area (Å²) in [6, 6.07) is 6.08. The molecule has 216 valence electrons. The van der Waals surface area contributed by atoms with Crippen LogP contribution in [0.15, 0.2) is 29.8 Å². The van der Waals surface area contributed by atoms with Crippen LogP contribution in [0.3, 0.4) is 0 Å². The Balaban J connectivity index is 1.59. The molecule has 0 spiro atoms. The highest BCUT2D eigenvalue weighted by atomic mass is 32.1. The smallest absolute Gasteiger partial charge is 0.246 e. The van der Waals surface area contributed by atoms with Gasteiger partial charge in [-0.15, -0.1) is 17.8 Å². The van der Waals surface area contributed by atoms with Crippen LogP contribution in [0.4, 0.5) is 0 Å². The highest BCUT2D eigenvalue weighted by Crippen LogP contribution is 2.28. The molecule has 1 aromatic carbocycles. The number of terminal acetylenes is 1. The second-order valence-corrected chi connectivity index (χ2v) is 11.6. The van der Waals surface area contributed by atoms with Crippen LogP contribution in [-0.4, -0.2) is 83.9 Å². The highest BCUT2D eigenvalue weighted by molar-refractivity contribution is 7.13. The van der Waals surface area contributed by atoms with Gasteiger partial charge in [-0.1, -0.05) is 51.0 Å². The number of nitrogens with zero attached hydrogens (tertiary/aromatic N) is 2. The van der Waals surface area contributed by atoms with Gasteiger partial charge in [0.05, 0.1) is 35.4 Å². The number of thiazole rings is 1. The summed E-state index contributed by atoms with van der Waals surface area (Å²) >= 11 is 1.58. The first-order valence-electron chi connectivity index (χ1n) is 13.1. The Hall–Kier alpha value is -3.30. The minimum atomic E-state index is -0.926. The number of carbonyl (C=O) groups excluding carboxylic acids is 3. The van der Waals surface area contributed by atoms with Crippen molar-refractivity contribution in [2.45, 2.75) is 58.8 Å². The van der Waals surface area contributed by atoms with Gasteiger partial charge in [0.1, 0.15) is 25.3 Å². The van der Waals surface area contributed by atoms with Crippen LogP contribution in [0.2, 0.25) is 0 Å². The molecule has 1 aliphatic heterocycles. The van der Waals surface area contributed by atoms with E-state index in [4.69, 9.17) is 15.9 Å². The molecule has 3 rings (SSSR count). The number of hydrogen-bond donors (Lipinski definition) is 3. The first-order chi connectivity index (χ1) is 19.0. The molecule has 2 aromatic rings. The molecule has 1 aliphatic rings. The average Bonchev–Trinajstić information content (AvgIpc) is 3.52. The molecule has 40 heavy (non-hydrogen) atoms. The van der Waals surface area contributed by atoms with Gasteiger partial charge in [0.2, 0.25) is 17.7 Å². The average molecular weight is 571 g/mol. The molecule has 1 fully saturated rings. The summed E-state index contributed by atoms with van der Waals surface area (Å²) in [5.74, 6) is 1.08. The number of amides is 3. The van der Waals surface area contributed by atoms with Gasteiger partial charge in [0.25, 0.3) is 0 Å². The fourth-order valence-electron chi connectivity index (χ4n) is 4.40. The summed E-state index contributed by atoms with van der Waals surface area (Å²) in [5.41, 5.74) is 4.09. The third-order valence-corrected chi connectivity index (χ3v) is 7.48. The van der Waals surface area contributed by atoms with E-state index in [2.05, 4.69) is 21.5 Å². The lowest BCUT2D eigenvalue weighted by atomic mass is 9.85. The van der Waals surface area contributed by atoms with Gasteiger partial charge in [0, 0.05) is 19.5 Å². The Bertz CT molecular complexity index is 1200. The van der Waals surface area contributed by atoms with Crippen molar-refractivity contribution in [2.75, 3.05) is 33.0 Å². The van der Waals surface area contributed by atoms with Crippen LogP contribution >= 0.6 is 11.3 Å². The third kappa shape index (κ3) is 8.60. The van der Waals surface area contributed by atoms with Gasteiger partial charge < -0.3 is 30.1 Å². The molecule has 0 unspecified atom stereocenters. The topological polar surface area (TPSA) is 130 Å². The number of rotatable bonds is 12. The van der Waals surface area contributed by atoms with E-state index in [1.165, 1.54) is 4.90 Å². The zero-order valence-electron chi connectivity index (χ0n) is 23.4. The standard InChI is InChI=1S/C29H38N4O6S/c1-6-11-38-12-13-39-17-24(35)32-26(29(3,4)5)28(37)33-16-22(34)14-23(33)27(36)30-15-20-7-9-21(10-8-20)25-19(2)31-18-40-25/h1,7-10,18,22-23,26,34H,11-17H2,2-5H3,(H,30,36)(H,32,35)/t22-,23+,26-/m1/s1. The summed E-state index contributed by atoms with van der Waals surface area (Å²) in [6.07, 6.45) is 4.39. The Labute approximate surface area is 239 Å². The van der Waals surface area contributed by atoms with Crippen LogP contribution in [0.1, 0.15) is 38.4 Å². The van der Waals surface area contributed by atoms with Crippen LogP contribution in [0, 0.1) is 24.7 Å². The van der Waals surface area contributed by atoms with Gasteiger partial charge in [-0.2, -0.15) is 0 Å². The number of aliphatic hydroxyl groups excluding tert-OH is 1. The molecule has 10 nitrogen and oxygen atoms in total. The first kappa shape index (κ1) is 31.2. The lowest BCUT2D eigenvalue weighted by Gasteiger charge is -2.35. The van der Waals surface area contributed by atoms with Crippen molar-refractivity contribution in [2.24, 2.45) is 5.41 Å². The van der Waals surface area contributed by atoms with Crippen LogP contribution in [0.25, 0.3) is 10.4 Å². The fourth-order valence-corrected chi connectivity index (χ4v) is 5.21. The largest absolute Gasteiger partial charge is 0.391 e. The molecule has 0 saturated carbocycles. The Morgan fingerprint density at radius 2 is 1.93 bits per heavy atom. The van der Waals surface area contributed by atoms with Gasteiger partial charge in [-0.25, -0.2) is 4.98 Å². The van der Waals surface area contributed by atoms with Crippen molar-refractivity contribution in [3.8, 4) is 22.8 Å². The maximum absolute atomic E-state index is 13.6. The minimum Gasteiger partial charge on any atom is -0.391 e. The number of likely N-dealkylation sites (tertiary alicyclic amines) is 1. The van der Waals surface area contributed by atoms with E-state index in [1.54, 1.807) is 11.3 Å². The zero-order valence-corrected chi connectivity index (χ0v) is 24.3. The minimum absolute atomic E-state index is 0.00524. The lowest BCUT2D eigenvalue weighted by Crippen LogP contribution is -2.58. The predicted octanol–water partition coefficient (Wildman–Crippen LogP) is 1.89.